The van der Waals surface area contributed by atoms with Crippen LogP contribution in [0.1, 0.15) is 39.0 Å². The molecule has 2 saturated heterocycles. The molecule has 0 unspecified atom stereocenters. The largest absolute Gasteiger partial charge is 0.390 e. The van der Waals surface area contributed by atoms with E-state index in [1.807, 2.05) is 0 Å². The Morgan fingerprint density at radius 1 is 1.54 bits per heavy atom. The number of aliphatic hydroxyl groups is 1. The first-order valence-electron chi connectivity index (χ1n) is 5.25. The summed E-state index contributed by atoms with van der Waals surface area (Å²) in [5, 5.41) is 9.74. The van der Waals surface area contributed by atoms with Gasteiger partial charge in [-0.15, -0.1) is 0 Å². The molecule has 1 spiro atoms. The molecule has 3 nitrogen and oxygen atoms in total. The predicted molar refractivity (Wildman–Crippen MR) is 48.3 cm³/mol. The lowest BCUT2D eigenvalue weighted by molar-refractivity contribution is -0.200. The fraction of sp³-hybridized carbons (Fsp3) is 1.00. The van der Waals surface area contributed by atoms with E-state index in [1.54, 1.807) is 0 Å². The van der Waals surface area contributed by atoms with Crippen LogP contribution in [-0.2, 0) is 9.47 Å². The van der Waals surface area contributed by atoms with Crippen molar-refractivity contribution in [2.75, 3.05) is 6.61 Å². The van der Waals surface area contributed by atoms with Crippen molar-refractivity contribution in [2.24, 2.45) is 0 Å². The van der Waals surface area contributed by atoms with E-state index < -0.39 is 5.79 Å². The molecule has 0 bridgehead atoms. The maximum absolute atomic E-state index is 9.74. The molecular weight excluding hydrogens is 168 g/mol. The van der Waals surface area contributed by atoms with Crippen LogP contribution in [0.15, 0.2) is 0 Å². The molecule has 2 aliphatic rings. The highest BCUT2D eigenvalue weighted by Gasteiger charge is 2.48. The van der Waals surface area contributed by atoms with Crippen molar-refractivity contribution in [1.82, 2.24) is 0 Å². The average molecular weight is 186 g/mol. The molecule has 2 heterocycles. The highest BCUT2D eigenvalue weighted by Crippen LogP contribution is 2.40. The fourth-order valence-corrected chi connectivity index (χ4v) is 2.31. The second-order valence-electron chi connectivity index (χ2n) is 4.08. The van der Waals surface area contributed by atoms with Gasteiger partial charge in [-0.25, -0.2) is 0 Å². The smallest absolute Gasteiger partial charge is 0.171 e. The van der Waals surface area contributed by atoms with E-state index >= 15 is 0 Å². The molecule has 76 valence electrons. The van der Waals surface area contributed by atoms with Crippen molar-refractivity contribution in [3.8, 4) is 0 Å². The molecule has 0 saturated carbocycles. The van der Waals surface area contributed by atoms with Gasteiger partial charge in [0.05, 0.1) is 18.8 Å². The third-order valence-electron chi connectivity index (χ3n) is 2.96. The molecule has 13 heavy (non-hydrogen) atoms. The topological polar surface area (TPSA) is 38.7 Å². The second kappa shape index (κ2) is 3.56. The average Bonchev–Trinajstić information content (AvgIpc) is 2.63. The Labute approximate surface area is 79.0 Å². The molecule has 0 radical (unpaired) electrons. The standard InChI is InChI=1S/C10H18O3/c1-2-4-9-8(11)7-10(13-9)5-3-6-12-10/h8-9,11H,2-7H2,1H3/t8-,9-,10+/m1/s1. The van der Waals surface area contributed by atoms with Gasteiger partial charge in [0.2, 0.25) is 0 Å². The van der Waals surface area contributed by atoms with Crippen molar-refractivity contribution in [2.45, 2.75) is 57.0 Å². The SMILES string of the molecule is CCC[C@H]1O[C@@]2(CCCO2)C[C@H]1O. The summed E-state index contributed by atoms with van der Waals surface area (Å²) in [6, 6.07) is 0. The Hall–Kier alpha value is -0.120. The second-order valence-corrected chi connectivity index (χ2v) is 4.08. The lowest BCUT2D eigenvalue weighted by Gasteiger charge is -2.22. The first kappa shape index (κ1) is 9.44. The van der Waals surface area contributed by atoms with E-state index in [4.69, 9.17) is 9.47 Å². The number of hydrogen-bond acceptors (Lipinski definition) is 3. The minimum absolute atomic E-state index is 0.00287. The molecule has 0 aromatic rings. The highest BCUT2D eigenvalue weighted by molar-refractivity contribution is 4.90. The normalized spacial score (nSPS) is 44.8. The van der Waals surface area contributed by atoms with Crippen LogP contribution in [0.25, 0.3) is 0 Å². The summed E-state index contributed by atoms with van der Waals surface area (Å²) in [5.41, 5.74) is 0. The third kappa shape index (κ3) is 1.73. The van der Waals surface area contributed by atoms with Crippen LogP contribution in [0.2, 0.25) is 0 Å². The van der Waals surface area contributed by atoms with Crippen molar-refractivity contribution in [3.63, 3.8) is 0 Å². The monoisotopic (exact) mass is 186 g/mol. The van der Waals surface area contributed by atoms with Gasteiger partial charge in [0, 0.05) is 12.8 Å². The first-order valence-corrected chi connectivity index (χ1v) is 5.25. The molecule has 2 aliphatic heterocycles. The van der Waals surface area contributed by atoms with Crippen molar-refractivity contribution in [3.05, 3.63) is 0 Å². The molecule has 1 N–H and O–H groups in total. The highest BCUT2D eigenvalue weighted by atomic mass is 16.7. The molecule has 0 aromatic heterocycles. The van der Waals surface area contributed by atoms with E-state index in [-0.39, 0.29) is 12.2 Å². The van der Waals surface area contributed by atoms with Gasteiger partial charge in [0.25, 0.3) is 0 Å². The zero-order valence-electron chi connectivity index (χ0n) is 8.16. The van der Waals surface area contributed by atoms with Crippen LogP contribution in [0.5, 0.6) is 0 Å². The minimum Gasteiger partial charge on any atom is -0.390 e. The van der Waals surface area contributed by atoms with Crippen LogP contribution in [0.4, 0.5) is 0 Å². The number of ether oxygens (including phenoxy) is 2. The van der Waals surface area contributed by atoms with E-state index in [0.29, 0.717) is 6.42 Å². The van der Waals surface area contributed by atoms with E-state index in [1.165, 1.54) is 0 Å². The Morgan fingerprint density at radius 2 is 2.38 bits per heavy atom. The van der Waals surface area contributed by atoms with Crippen molar-refractivity contribution < 1.29 is 14.6 Å². The van der Waals surface area contributed by atoms with Crippen LogP contribution in [0, 0.1) is 0 Å². The summed E-state index contributed by atoms with van der Waals surface area (Å²) < 4.78 is 11.4. The maximum Gasteiger partial charge on any atom is 0.171 e. The summed E-state index contributed by atoms with van der Waals surface area (Å²) in [5.74, 6) is -0.417. The number of hydrogen-bond donors (Lipinski definition) is 1. The van der Waals surface area contributed by atoms with Gasteiger partial charge < -0.3 is 14.6 Å². The molecule has 3 atom stereocenters. The van der Waals surface area contributed by atoms with E-state index in [2.05, 4.69) is 6.92 Å². The fourth-order valence-electron chi connectivity index (χ4n) is 2.31. The van der Waals surface area contributed by atoms with Crippen LogP contribution in [0.3, 0.4) is 0 Å². The predicted octanol–water partition coefficient (Wildman–Crippen LogP) is 1.44. The van der Waals surface area contributed by atoms with Crippen LogP contribution < -0.4 is 0 Å². The number of rotatable bonds is 2. The Kier molecular flexibility index (Phi) is 2.58. The van der Waals surface area contributed by atoms with Crippen LogP contribution in [-0.4, -0.2) is 29.7 Å². The lowest BCUT2D eigenvalue weighted by Crippen LogP contribution is -2.27. The zero-order valence-corrected chi connectivity index (χ0v) is 8.16. The number of aliphatic hydroxyl groups excluding tert-OH is 1. The van der Waals surface area contributed by atoms with Gasteiger partial charge in [0.1, 0.15) is 0 Å². The minimum atomic E-state index is -0.417. The summed E-state index contributed by atoms with van der Waals surface area (Å²) >= 11 is 0. The Bertz CT molecular complexity index is 175. The molecule has 3 heteroatoms. The Balaban J connectivity index is 1.97. The van der Waals surface area contributed by atoms with E-state index in [9.17, 15) is 5.11 Å². The third-order valence-corrected chi connectivity index (χ3v) is 2.96. The molecule has 0 aromatic carbocycles. The summed E-state index contributed by atoms with van der Waals surface area (Å²) in [4.78, 5) is 0. The molecule has 2 rings (SSSR count). The van der Waals surface area contributed by atoms with Gasteiger partial charge >= 0.3 is 0 Å². The summed E-state index contributed by atoms with van der Waals surface area (Å²) in [6.07, 6.45) is 4.35. The van der Waals surface area contributed by atoms with Gasteiger partial charge in [-0.05, 0) is 12.8 Å². The summed E-state index contributed by atoms with van der Waals surface area (Å²) in [6.45, 7) is 2.89. The van der Waals surface area contributed by atoms with Crippen molar-refractivity contribution in [1.29, 1.82) is 0 Å². The van der Waals surface area contributed by atoms with Crippen LogP contribution >= 0.6 is 0 Å². The van der Waals surface area contributed by atoms with Gasteiger partial charge in [-0.2, -0.15) is 0 Å². The molecule has 0 amide bonds. The van der Waals surface area contributed by atoms with Crippen molar-refractivity contribution >= 4 is 0 Å². The molecule has 0 aliphatic carbocycles. The maximum atomic E-state index is 9.74. The van der Waals surface area contributed by atoms with E-state index in [0.717, 1.165) is 32.3 Å². The quantitative estimate of drug-likeness (QED) is 0.709. The van der Waals surface area contributed by atoms with Gasteiger partial charge in [-0.1, -0.05) is 13.3 Å². The zero-order chi connectivity index (χ0) is 9.31. The molecule has 2 fully saturated rings. The Morgan fingerprint density at radius 3 is 3.00 bits per heavy atom. The first-order chi connectivity index (χ1) is 6.26. The van der Waals surface area contributed by atoms with Gasteiger partial charge in [0.15, 0.2) is 5.79 Å². The van der Waals surface area contributed by atoms with Gasteiger partial charge in [-0.3, -0.25) is 0 Å². The lowest BCUT2D eigenvalue weighted by atomic mass is 10.0. The summed E-state index contributed by atoms with van der Waals surface area (Å²) in [7, 11) is 0. The molecular formula is C10H18O3.